The molecule has 1 fully saturated rings. The molecule has 19 heavy (non-hydrogen) atoms. The van der Waals surface area contributed by atoms with E-state index in [1.807, 2.05) is 4.90 Å². The lowest BCUT2D eigenvalue weighted by Gasteiger charge is -2.35. The number of nitrogens with zero attached hydrogens (tertiary/aromatic N) is 2. The summed E-state index contributed by atoms with van der Waals surface area (Å²) in [5.41, 5.74) is 0. The Balaban J connectivity index is 2.46. The summed E-state index contributed by atoms with van der Waals surface area (Å²) < 4.78 is 0. The van der Waals surface area contributed by atoms with Gasteiger partial charge in [-0.3, -0.25) is 9.59 Å². The molecule has 0 aromatic rings. The number of carbonyl (C=O) groups excluding carboxylic acids is 1. The number of rotatable bonds is 5. The molecule has 2 unspecified atom stereocenters. The van der Waals surface area contributed by atoms with Gasteiger partial charge in [0, 0.05) is 25.6 Å². The van der Waals surface area contributed by atoms with Gasteiger partial charge in [-0.2, -0.15) is 0 Å². The topological polar surface area (TPSA) is 60.9 Å². The molecule has 1 amide bonds. The Morgan fingerprint density at radius 3 is 2.16 bits per heavy atom. The summed E-state index contributed by atoms with van der Waals surface area (Å²) in [7, 11) is 4.13. The number of carboxylic acids is 1. The zero-order valence-electron chi connectivity index (χ0n) is 12.4. The van der Waals surface area contributed by atoms with Crippen LogP contribution in [0.1, 0.15) is 26.7 Å². The average Bonchev–Trinajstić information content (AvgIpc) is 2.36. The molecule has 0 bridgehead atoms. The Bertz CT molecular complexity index is 323. The highest BCUT2D eigenvalue weighted by molar-refractivity contribution is 5.84. The predicted octanol–water partition coefficient (Wildman–Crippen LogP) is 1.14. The first kappa shape index (κ1) is 16.0. The van der Waals surface area contributed by atoms with E-state index in [1.165, 1.54) is 0 Å². The number of amides is 1. The van der Waals surface area contributed by atoms with Crippen molar-refractivity contribution in [1.29, 1.82) is 0 Å². The number of likely N-dealkylation sites (tertiary alicyclic amines) is 1. The van der Waals surface area contributed by atoms with E-state index in [2.05, 4.69) is 19.0 Å². The van der Waals surface area contributed by atoms with Gasteiger partial charge in [0.15, 0.2) is 0 Å². The lowest BCUT2D eigenvalue weighted by atomic mass is 9.91. The maximum atomic E-state index is 12.2. The fraction of sp³-hybridized carbons (Fsp3) is 0.857. The minimum Gasteiger partial charge on any atom is -0.481 e. The molecule has 1 aliphatic rings. The summed E-state index contributed by atoms with van der Waals surface area (Å²) in [6.07, 6.45) is 2.02. The van der Waals surface area contributed by atoms with E-state index in [0.29, 0.717) is 5.92 Å². The Labute approximate surface area is 115 Å². The van der Waals surface area contributed by atoms with Gasteiger partial charge in [-0.15, -0.1) is 0 Å². The highest BCUT2D eigenvalue weighted by Crippen LogP contribution is 2.21. The van der Waals surface area contributed by atoms with Crippen molar-refractivity contribution in [3.05, 3.63) is 0 Å². The zero-order chi connectivity index (χ0) is 14.6. The normalized spacial score (nSPS) is 20.4. The second-order valence-corrected chi connectivity index (χ2v) is 5.95. The van der Waals surface area contributed by atoms with Crippen molar-refractivity contribution < 1.29 is 14.7 Å². The van der Waals surface area contributed by atoms with Crippen LogP contribution in [0.2, 0.25) is 0 Å². The third-order valence-corrected chi connectivity index (χ3v) is 4.08. The van der Waals surface area contributed by atoms with E-state index >= 15 is 0 Å². The van der Waals surface area contributed by atoms with Crippen LogP contribution in [0.5, 0.6) is 0 Å². The van der Waals surface area contributed by atoms with Gasteiger partial charge in [0.05, 0.1) is 5.92 Å². The van der Waals surface area contributed by atoms with Crippen molar-refractivity contribution in [2.45, 2.75) is 26.7 Å². The Hall–Kier alpha value is -1.10. The molecule has 1 aliphatic heterocycles. The Morgan fingerprint density at radius 1 is 1.21 bits per heavy atom. The van der Waals surface area contributed by atoms with Gasteiger partial charge in [0.2, 0.25) is 5.91 Å². The molecule has 110 valence electrons. The minimum atomic E-state index is -0.900. The van der Waals surface area contributed by atoms with Crippen LogP contribution in [0.15, 0.2) is 0 Å². The van der Waals surface area contributed by atoms with Gasteiger partial charge in [-0.1, -0.05) is 13.8 Å². The minimum absolute atomic E-state index is 0.0156. The van der Waals surface area contributed by atoms with Gasteiger partial charge in [-0.25, -0.2) is 0 Å². The molecular formula is C14H26N2O3. The lowest BCUT2D eigenvalue weighted by molar-refractivity contribution is -0.149. The Morgan fingerprint density at radius 2 is 1.74 bits per heavy atom. The highest BCUT2D eigenvalue weighted by Gasteiger charge is 2.31. The number of hydrogen-bond acceptors (Lipinski definition) is 3. The van der Waals surface area contributed by atoms with E-state index < -0.39 is 17.8 Å². The van der Waals surface area contributed by atoms with Gasteiger partial charge >= 0.3 is 5.97 Å². The van der Waals surface area contributed by atoms with Gasteiger partial charge in [0.25, 0.3) is 0 Å². The van der Waals surface area contributed by atoms with Gasteiger partial charge in [-0.05, 0) is 32.9 Å². The summed E-state index contributed by atoms with van der Waals surface area (Å²) in [5, 5.41) is 8.96. The average molecular weight is 270 g/mol. The molecule has 1 N–H and O–H groups in total. The predicted molar refractivity (Wildman–Crippen MR) is 73.8 cm³/mol. The third kappa shape index (κ3) is 4.49. The van der Waals surface area contributed by atoms with Crippen molar-refractivity contribution in [2.75, 3.05) is 33.7 Å². The molecule has 0 aromatic carbocycles. The van der Waals surface area contributed by atoms with Crippen LogP contribution in [0, 0.1) is 17.8 Å². The summed E-state index contributed by atoms with van der Waals surface area (Å²) >= 11 is 0. The maximum Gasteiger partial charge on any atom is 0.307 e. The standard InChI is InChI=1S/C14H26N2O3/c1-10(11(2)14(18)19)13(17)16-7-5-12(6-8-16)9-15(3)4/h10-12H,5-9H2,1-4H3,(H,18,19). The fourth-order valence-corrected chi connectivity index (χ4v) is 2.57. The smallest absolute Gasteiger partial charge is 0.307 e. The highest BCUT2D eigenvalue weighted by atomic mass is 16.4. The van der Waals surface area contributed by atoms with Crippen LogP contribution in [-0.2, 0) is 9.59 Å². The lowest BCUT2D eigenvalue weighted by Crippen LogP contribution is -2.44. The second kappa shape index (κ2) is 6.89. The molecule has 5 heteroatoms. The molecule has 0 spiro atoms. The summed E-state index contributed by atoms with van der Waals surface area (Å²) in [4.78, 5) is 27.2. The van der Waals surface area contributed by atoms with Crippen LogP contribution < -0.4 is 0 Å². The van der Waals surface area contributed by atoms with E-state index in [4.69, 9.17) is 5.11 Å². The molecule has 1 heterocycles. The maximum absolute atomic E-state index is 12.2. The zero-order valence-corrected chi connectivity index (χ0v) is 12.4. The SMILES string of the molecule is CC(C(=O)O)C(C)C(=O)N1CCC(CN(C)C)CC1. The number of carbonyl (C=O) groups is 2. The summed E-state index contributed by atoms with van der Waals surface area (Å²) in [6, 6.07) is 0. The van der Waals surface area contributed by atoms with E-state index in [1.54, 1.807) is 13.8 Å². The number of aliphatic carboxylic acids is 1. The molecule has 5 nitrogen and oxygen atoms in total. The number of piperidine rings is 1. The second-order valence-electron chi connectivity index (χ2n) is 5.95. The van der Waals surface area contributed by atoms with Crippen LogP contribution in [0.3, 0.4) is 0 Å². The first-order valence-electron chi connectivity index (χ1n) is 6.99. The molecule has 1 rings (SSSR count). The van der Waals surface area contributed by atoms with E-state index in [-0.39, 0.29) is 5.91 Å². The van der Waals surface area contributed by atoms with Crippen LogP contribution >= 0.6 is 0 Å². The largest absolute Gasteiger partial charge is 0.481 e. The molecule has 0 saturated carbocycles. The fourth-order valence-electron chi connectivity index (χ4n) is 2.57. The first-order valence-corrected chi connectivity index (χ1v) is 6.99. The first-order chi connectivity index (χ1) is 8.82. The van der Waals surface area contributed by atoms with Crippen molar-refractivity contribution in [2.24, 2.45) is 17.8 Å². The summed E-state index contributed by atoms with van der Waals surface area (Å²) in [5.74, 6) is -1.33. The molecular weight excluding hydrogens is 244 g/mol. The van der Waals surface area contributed by atoms with Crippen LogP contribution in [0.4, 0.5) is 0 Å². The van der Waals surface area contributed by atoms with Crippen molar-refractivity contribution in [3.63, 3.8) is 0 Å². The number of carboxylic acid groups (broad SMARTS) is 1. The molecule has 2 atom stereocenters. The molecule has 0 aliphatic carbocycles. The molecule has 1 saturated heterocycles. The van der Waals surface area contributed by atoms with Crippen molar-refractivity contribution in [1.82, 2.24) is 9.80 Å². The molecule has 0 aromatic heterocycles. The van der Waals surface area contributed by atoms with Gasteiger partial charge < -0.3 is 14.9 Å². The van der Waals surface area contributed by atoms with Crippen molar-refractivity contribution in [3.8, 4) is 0 Å². The number of hydrogen-bond donors (Lipinski definition) is 1. The van der Waals surface area contributed by atoms with Crippen LogP contribution in [-0.4, -0.2) is 60.5 Å². The quantitative estimate of drug-likeness (QED) is 0.814. The van der Waals surface area contributed by atoms with E-state index in [9.17, 15) is 9.59 Å². The third-order valence-electron chi connectivity index (χ3n) is 4.08. The summed E-state index contributed by atoms with van der Waals surface area (Å²) in [6.45, 7) is 5.89. The van der Waals surface area contributed by atoms with Crippen LogP contribution in [0.25, 0.3) is 0 Å². The molecule has 0 radical (unpaired) electrons. The Kier molecular flexibility index (Phi) is 5.79. The van der Waals surface area contributed by atoms with Gasteiger partial charge in [0.1, 0.15) is 0 Å². The monoisotopic (exact) mass is 270 g/mol. The van der Waals surface area contributed by atoms with E-state index in [0.717, 1.165) is 32.5 Å². The van der Waals surface area contributed by atoms with Crippen molar-refractivity contribution >= 4 is 11.9 Å².